The molecule has 0 atom stereocenters. The van der Waals surface area contributed by atoms with Crippen molar-refractivity contribution in [3.63, 3.8) is 0 Å². The van der Waals surface area contributed by atoms with Crippen LogP contribution in [0.5, 0.6) is 23.0 Å². The normalized spacial score (nSPS) is 14.2. The Morgan fingerprint density at radius 3 is 2.22 bits per heavy atom. The summed E-state index contributed by atoms with van der Waals surface area (Å²) in [6.07, 6.45) is 1.82. The van der Waals surface area contributed by atoms with Gasteiger partial charge in [-0.15, -0.1) is 0 Å². The Morgan fingerprint density at radius 1 is 0.838 bits per heavy atom. The number of amides is 1. The van der Waals surface area contributed by atoms with Gasteiger partial charge in [-0.3, -0.25) is 9.69 Å². The third kappa shape index (κ3) is 5.85. The average molecular weight is 526 g/mol. The third-order valence-corrected chi connectivity index (χ3v) is 6.89. The van der Waals surface area contributed by atoms with Gasteiger partial charge in [0.15, 0.2) is 15.8 Å². The number of nitrogens with zero attached hydrogens (tertiary/aromatic N) is 1. The molecule has 184 valence electrons. The van der Waals surface area contributed by atoms with Gasteiger partial charge in [0.2, 0.25) is 0 Å². The second-order valence-electron chi connectivity index (χ2n) is 8.11. The van der Waals surface area contributed by atoms with Crippen LogP contribution in [0.3, 0.4) is 0 Å². The van der Waals surface area contributed by atoms with E-state index >= 15 is 0 Å². The summed E-state index contributed by atoms with van der Waals surface area (Å²) in [7, 11) is 1.60. The molecule has 0 aromatic heterocycles. The highest BCUT2D eigenvalue weighted by atomic mass is 32.2. The molecule has 37 heavy (non-hydrogen) atoms. The van der Waals surface area contributed by atoms with Crippen molar-refractivity contribution in [1.29, 1.82) is 0 Å². The molecule has 0 unspecified atom stereocenters. The molecule has 1 aliphatic heterocycles. The second-order valence-corrected chi connectivity index (χ2v) is 9.79. The average Bonchev–Trinajstić information content (AvgIpc) is 3.21. The Balaban J connectivity index is 1.29. The number of hydrogen-bond donors (Lipinski definition) is 0. The van der Waals surface area contributed by atoms with Gasteiger partial charge in [-0.25, -0.2) is 0 Å². The van der Waals surface area contributed by atoms with E-state index in [-0.39, 0.29) is 5.91 Å². The van der Waals surface area contributed by atoms with Crippen LogP contribution in [0.2, 0.25) is 0 Å². The molecule has 1 fully saturated rings. The van der Waals surface area contributed by atoms with Crippen LogP contribution in [-0.2, 0) is 11.4 Å². The maximum absolute atomic E-state index is 13.2. The SMILES string of the molecule is COc1cc(/C=C2\SC(=S)N(c3ccc(Oc4ccccc4)cc3)C2=O)ccc1OCc1ccccc1. The van der Waals surface area contributed by atoms with Crippen LogP contribution in [-0.4, -0.2) is 17.3 Å². The topological polar surface area (TPSA) is 48.0 Å². The first-order chi connectivity index (χ1) is 18.1. The van der Waals surface area contributed by atoms with Crippen LogP contribution in [0.4, 0.5) is 5.69 Å². The summed E-state index contributed by atoms with van der Waals surface area (Å²) < 4.78 is 17.8. The van der Waals surface area contributed by atoms with Gasteiger partial charge >= 0.3 is 0 Å². The van der Waals surface area contributed by atoms with Gasteiger partial charge in [-0.2, -0.15) is 0 Å². The molecule has 1 amide bonds. The van der Waals surface area contributed by atoms with E-state index in [0.29, 0.717) is 38.8 Å². The van der Waals surface area contributed by atoms with E-state index in [1.54, 1.807) is 7.11 Å². The van der Waals surface area contributed by atoms with Crippen LogP contribution >= 0.6 is 24.0 Å². The Kier molecular flexibility index (Phi) is 7.54. The van der Waals surface area contributed by atoms with Crippen molar-refractivity contribution < 1.29 is 19.0 Å². The molecule has 1 saturated heterocycles. The van der Waals surface area contributed by atoms with Crippen molar-refractivity contribution in [2.45, 2.75) is 6.61 Å². The van der Waals surface area contributed by atoms with Crippen molar-refractivity contribution in [2.75, 3.05) is 12.0 Å². The van der Waals surface area contributed by atoms with Crippen LogP contribution in [0.1, 0.15) is 11.1 Å². The summed E-state index contributed by atoms with van der Waals surface area (Å²) >= 11 is 6.80. The number of thioether (sulfide) groups is 1. The highest BCUT2D eigenvalue weighted by Gasteiger charge is 2.33. The minimum Gasteiger partial charge on any atom is -0.493 e. The lowest BCUT2D eigenvalue weighted by Crippen LogP contribution is -2.27. The van der Waals surface area contributed by atoms with Gasteiger partial charge in [0, 0.05) is 0 Å². The number of ether oxygens (including phenoxy) is 3. The van der Waals surface area contributed by atoms with E-state index in [1.807, 2.05) is 109 Å². The maximum atomic E-state index is 13.2. The number of carbonyl (C=O) groups is 1. The Bertz CT molecular complexity index is 1440. The largest absolute Gasteiger partial charge is 0.493 e. The van der Waals surface area contributed by atoms with Gasteiger partial charge < -0.3 is 14.2 Å². The molecule has 4 aromatic rings. The van der Waals surface area contributed by atoms with Gasteiger partial charge in [-0.05, 0) is 65.7 Å². The molecule has 0 saturated carbocycles. The summed E-state index contributed by atoms with van der Waals surface area (Å²) in [6, 6.07) is 32.4. The first-order valence-electron chi connectivity index (χ1n) is 11.6. The lowest BCUT2D eigenvalue weighted by atomic mass is 10.1. The number of thiocarbonyl (C=S) groups is 1. The van der Waals surface area contributed by atoms with E-state index in [4.69, 9.17) is 26.4 Å². The number of rotatable bonds is 8. The van der Waals surface area contributed by atoms with Crippen molar-refractivity contribution >= 4 is 46.0 Å². The lowest BCUT2D eigenvalue weighted by molar-refractivity contribution is -0.113. The number of hydrogen-bond acceptors (Lipinski definition) is 6. The molecule has 1 aliphatic rings. The molecule has 5 rings (SSSR count). The molecule has 5 nitrogen and oxygen atoms in total. The van der Waals surface area contributed by atoms with Crippen LogP contribution in [0.15, 0.2) is 108 Å². The highest BCUT2D eigenvalue weighted by molar-refractivity contribution is 8.27. The van der Waals surface area contributed by atoms with Gasteiger partial charge in [-0.1, -0.05) is 78.6 Å². The van der Waals surface area contributed by atoms with Gasteiger partial charge in [0.1, 0.15) is 18.1 Å². The fourth-order valence-corrected chi connectivity index (χ4v) is 5.06. The Labute approximate surface area is 225 Å². The zero-order chi connectivity index (χ0) is 25.6. The lowest BCUT2D eigenvalue weighted by Gasteiger charge is -2.15. The molecule has 0 spiro atoms. The summed E-state index contributed by atoms with van der Waals surface area (Å²) in [4.78, 5) is 15.3. The molecule has 4 aromatic carbocycles. The highest BCUT2D eigenvalue weighted by Crippen LogP contribution is 2.38. The van der Waals surface area contributed by atoms with Gasteiger partial charge in [0.05, 0.1) is 17.7 Å². The maximum Gasteiger partial charge on any atom is 0.270 e. The number of methoxy groups -OCH3 is 1. The smallest absolute Gasteiger partial charge is 0.270 e. The monoisotopic (exact) mass is 525 g/mol. The van der Waals surface area contributed by atoms with Crippen LogP contribution in [0, 0.1) is 0 Å². The van der Waals surface area contributed by atoms with Crippen LogP contribution in [0.25, 0.3) is 6.08 Å². The van der Waals surface area contributed by atoms with E-state index in [9.17, 15) is 4.79 Å². The Hall–Kier alpha value is -4.07. The number of para-hydroxylation sites is 1. The predicted octanol–water partition coefficient (Wildman–Crippen LogP) is 7.47. The molecular weight excluding hydrogens is 502 g/mol. The summed E-state index contributed by atoms with van der Waals surface area (Å²) in [5.41, 5.74) is 2.57. The first-order valence-corrected chi connectivity index (χ1v) is 12.8. The molecule has 0 aliphatic carbocycles. The predicted molar refractivity (Wildman–Crippen MR) is 152 cm³/mol. The molecule has 1 heterocycles. The second kappa shape index (κ2) is 11.3. The van der Waals surface area contributed by atoms with E-state index < -0.39 is 0 Å². The molecule has 0 N–H and O–H groups in total. The summed E-state index contributed by atoms with van der Waals surface area (Å²) in [5.74, 6) is 2.48. The molecular formula is C30H23NO4S2. The van der Waals surface area contributed by atoms with Crippen molar-refractivity contribution in [1.82, 2.24) is 0 Å². The van der Waals surface area contributed by atoms with E-state index in [0.717, 1.165) is 16.9 Å². The number of carbonyl (C=O) groups excluding carboxylic acids is 1. The fourth-order valence-electron chi connectivity index (χ4n) is 3.76. The van der Waals surface area contributed by atoms with Crippen molar-refractivity contribution in [3.05, 3.63) is 119 Å². The first kappa shape index (κ1) is 24.6. The van der Waals surface area contributed by atoms with Gasteiger partial charge in [0.25, 0.3) is 5.91 Å². The molecule has 0 radical (unpaired) electrons. The minimum absolute atomic E-state index is 0.171. The van der Waals surface area contributed by atoms with Crippen LogP contribution < -0.4 is 19.1 Å². The van der Waals surface area contributed by atoms with Crippen molar-refractivity contribution in [3.8, 4) is 23.0 Å². The quantitative estimate of drug-likeness (QED) is 0.176. The summed E-state index contributed by atoms with van der Waals surface area (Å²) in [5, 5.41) is 0. The standard InChI is InChI=1S/C30H23NO4S2/c1-33-27-18-22(12-17-26(27)34-20-21-8-4-2-5-9-21)19-28-29(32)31(30(36)37-28)23-13-15-25(16-14-23)35-24-10-6-3-7-11-24/h2-19H,20H2,1H3/b28-19-. The number of anilines is 1. The summed E-state index contributed by atoms with van der Waals surface area (Å²) in [6.45, 7) is 0.435. The van der Waals surface area contributed by atoms with Crippen molar-refractivity contribution in [2.24, 2.45) is 0 Å². The van der Waals surface area contributed by atoms with E-state index in [1.165, 1.54) is 16.7 Å². The Morgan fingerprint density at radius 2 is 1.51 bits per heavy atom. The minimum atomic E-state index is -0.171. The fraction of sp³-hybridized carbons (Fsp3) is 0.0667. The zero-order valence-corrected chi connectivity index (χ0v) is 21.6. The molecule has 7 heteroatoms. The molecule has 0 bridgehead atoms. The zero-order valence-electron chi connectivity index (χ0n) is 20.0. The van der Waals surface area contributed by atoms with E-state index in [2.05, 4.69) is 0 Å². The number of benzene rings is 4. The third-order valence-electron chi connectivity index (χ3n) is 5.59.